The third kappa shape index (κ3) is 4.89. The molecule has 0 saturated carbocycles. The molecular formula is C17H14F4N4O4. The minimum atomic E-state index is -4.66. The third-order valence-corrected chi connectivity index (χ3v) is 3.69. The van der Waals surface area contributed by atoms with Crippen LogP contribution in [0.15, 0.2) is 24.4 Å². The van der Waals surface area contributed by atoms with E-state index in [1.165, 1.54) is 18.3 Å². The van der Waals surface area contributed by atoms with Crippen molar-refractivity contribution < 1.29 is 36.7 Å². The van der Waals surface area contributed by atoms with E-state index in [-0.39, 0.29) is 41.7 Å². The van der Waals surface area contributed by atoms with Crippen molar-refractivity contribution in [2.75, 3.05) is 11.9 Å². The van der Waals surface area contributed by atoms with Crippen molar-refractivity contribution in [3.63, 3.8) is 0 Å². The summed E-state index contributed by atoms with van der Waals surface area (Å²) in [4.78, 5) is 36.8. The number of aromatic nitrogens is 2. The Hall–Kier alpha value is -3.44. The fourth-order valence-corrected chi connectivity index (χ4v) is 2.35. The second-order valence-corrected chi connectivity index (χ2v) is 5.91. The number of carbonyl (C=O) groups is 2. The van der Waals surface area contributed by atoms with Gasteiger partial charge in [0.2, 0.25) is 5.91 Å². The number of ether oxygens (including phenoxy) is 1. The van der Waals surface area contributed by atoms with E-state index in [9.17, 15) is 27.2 Å². The number of anilines is 1. The summed E-state index contributed by atoms with van der Waals surface area (Å²) in [5.74, 6) is -3.02. The van der Waals surface area contributed by atoms with Crippen LogP contribution in [0.3, 0.4) is 0 Å². The standard InChI is InChI=1S/C17H14F4N4O4/c1-2-13(26)23-12-6-9(3-4-22-12)16(27)25-7-10-5-11(18)15(24-14(10)29-25)28-8-17(19,20)21/h3-6H,2,7-8H2,1H3,(H,22,23,26). The van der Waals surface area contributed by atoms with Crippen molar-refractivity contribution in [3.05, 3.63) is 41.3 Å². The highest BCUT2D eigenvalue weighted by molar-refractivity contribution is 5.96. The number of hydrogen-bond donors (Lipinski definition) is 1. The summed E-state index contributed by atoms with van der Waals surface area (Å²) in [6.45, 7) is -0.253. The Balaban J connectivity index is 1.74. The molecule has 1 N–H and O–H groups in total. The zero-order chi connectivity index (χ0) is 21.2. The maximum atomic E-state index is 13.9. The lowest BCUT2D eigenvalue weighted by molar-refractivity contribution is -0.154. The predicted molar refractivity (Wildman–Crippen MR) is 89.4 cm³/mol. The van der Waals surface area contributed by atoms with Gasteiger partial charge in [0, 0.05) is 23.7 Å². The molecule has 8 nitrogen and oxygen atoms in total. The highest BCUT2D eigenvalue weighted by Crippen LogP contribution is 2.32. The van der Waals surface area contributed by atoms with Crippen LogP contribution in [0.4, 0.5) is 23.4 Å². The highest BCUT2D eigenvalue weighted by atomic mass is 19.4. The topological polar surface area (TPSA) is 93.7 Å². The van der Waals surface area contributed by atoms with Crippen molar-refractivity contribution in [1.29, 1.82) is 0 Å². The van der Waals surface area contributed by atoms with E-state index < -0.39 is 30.4 Å². The number of pyridine rings is 2. The molecule has 0 saturated heterocycles. The third-order valence-electron chi connectivity index (χ3n) is 3.69. The van der Waals surface area contributed by atoms with Crippen LogP contribution in [0.1, 0.15) is 29.3 Å². The molecule has 12 heteroatoms. The first-order chi connectivity index (χ1) is 13.7. The molecule has 0 unspecified atom stereocenters. The van der Waals surface area contributed by atoms with Crippen LogP contribution in [0, 0.1) is 5.82 Å². The maximum absolute atomic E-state index is 13.9. The molecular weight excluding hydrogens is 400 g/mol. The van der Waals surface area contributed by atoms with Crippen molar-refractivity contribution in [2.24, 2.45) is 0 Å². The molecule has 3 rings (SSSR count). The summed E-state index contributed by atoms with van der Waals surface area (Å²) >= 11 is 0. The molecule has 0 radical (unpaired) electrons. The van der Waals surface area contributed by atoms with Gasteiger partial charge in [-0.3, -0.25) is 9.59 Å². The average Bonchev–Trinajstić information content (AvgIpc) is 3.07. The number of amides is 2. The van der Waals surface area contributed by atoms with Crippen LogP contribution >= 0.6 is 0 Å². The summed E-state index contributed by atoms with van der Waals surface area (Å²) in [5.41, 5.74) is 0.275. The first-order valence-electron chi connectivity index (χ1n) is 8.31. The Morgan fingerprint density at radius 3 is 2.79 bits per heavy atom. The van der Waals surface area contributed by atoms with E-state index in [1.54, 1.807) is 6.92 Å². The van der Waals surface area contributed by atoms with Gasteiger partial charge in [0.15, 0.2) is 12.4 Å². The van der Waals surface area contributed by atoms with E-state index in [2.05, 4.69) is 20.0 Å². The normalized spacial score (nSPS) is 12.9. The summed E-state index contributed by atoms with van der Waals surface area (Å²) in [6.07, 6.45) is -3.13. The zero-order valence-corrected chi connectivity index (χ0v) is 14.9. The van der Waals surface area contributed by atoms with Crippen molar-refractivity contribution in [2.45, 2.75) is 26.1 Å². The molecule has 154 valence electrons. The van der Waals surface area contributed by atoms with Crippen LogP contribution < -0.4 is 14.9 Å². The molecule has 0 bridgehead atoms. The van der Waals surface area contributed by atoms with Gasteiger partial charge in [0.25, 0.3) is 17.7 Å². The summed E-state index contributed by atoms with van der Waals surface area (Å²) in [5, 5.41) is 3.36. The Bertz CT molecular complexity index is 952. The first-order valence-corrected chi connectivity index (χ1v) is 8.31. The van der Waals surface area contributed by atoms with E-state index in [4.69, 9.17) is 4.84 Å². The van der Waals surface area contributed by atoms with Crippen molar-refractivity contribution in [1.82, 2.24) is 15.0 Å². The molecule has 29 heavy (non-hydrogen) atoms. The van der Waals surface area contributed by atoms with Gasteiger partial charge >= 0.3 is 6.18 Å². The average molecular weight is 414 g/mol. The number of nitrogens with zero attached hydrogens (tertiary/aromatic N) is 3. The molecule has 0 atom stereocenters. The number of rotatable bonds is 5. The Kier molecular flexibility index (Phi) is 5.52. The monoisotopic (exact) mass is 414 g/mol. The molecule has 1 aliphatic heterocycles. The van der Waals surface area contributed by atoms with E-state index in [0.29, 0.717) is 0 Å². The van der Waals surface area contributed by atoms with Crippen LogP contribution in [-0.2, 0) is 11.3 Å². The minimum absolute atomic E-state index is 0.119. The Morgan fingerprint density at radius 1 is 1.34 bits per heavy atom. The minimum Gasteiger partial charge on any atom is -0.466 e. The number of carbonyl (C=O) groups excluding carboxylic acids is 2. The van der Waals surface area contributed by atoms with Crippen molar-refractivity contribution >= 4 is 17.6 Å². The SMILES string of the molecule is CCC(=O)Nc1cc(C(=O)N2Cc3cc(F)c(OCC(F)(F)F)nc3O2)ccn1. The van der Waals surface area contributed by atoms with Gasteiger partial charge in [-0.25, -0.2) is 9.37 Å². The van der Waals surface area contributed by atoms with Crippen LogP contribution in [0.2, 0.25) is 0 Å². The number of fused-ring (bicyclic) bond motifs is 1. The first kappa shape index (κ1) is 20.3. The molecule has 3 heterocycles. The summed E-state index contributed by atoms with van der Waals surface area (Å²) < 4.78 is 55.0. The van der Waals surface area contributed by atoms with E-state index >= 15 is 0 Å². The number of nitrogens with one attached hydrogen (secondary N) is 1. The molecule has 2 aromatic rings. The van der Waals surface area contributed by atoms with Crippen LogP contribution in [0.25, 0.3) is 0 Å². The quantitative estimate of drug-likeness (QED) is 0.757. The lowest BCUT2D eigenvalue weighted by atomic mass is 10.2. The van der Waals surface area contributed by atoms with Crippen LogP contribution in [-0.4, -0.2) is 39.6 Å². The predicted octanol–water partition coefficient (Wildman–Crippen LogP) is 2.86. The maximum Gasteiger partial charge on any atom is 0.422 e. The van der Waals surface area contributed by atoms with Gasteiger partial charge < -0.3 is 14.9 Å². The fourth-order valence-electron chi connectivity index (χ4n) is 2.35. The molecule has 0 fully saturated rings. The van der Waals surface area contributed by atoms with Gasteiger partial charge in [0.05, 0.1) is 6.54 Å². The smallest absolute Gasteiger partial charge is 0.422 e. The van der Waals surface area contributed by atoms with Gasteiger partial charge in [-0.2, -0.15) is 23.2 Å². The number of hydrogen-bond acceptors (Lipinski definition) is 6. The molecule has 0 spiro atoms. The summed E-state index contributed by atoms with van der Waals surface area (Å²) in [7, 11) is 0. The highest BCUT2D eigenvalue weighted by Gasteiger charge is 2.32. The van der Waals surface area contributed by atoms with Gasteiger partial charge in [-0.05, 0) is 18.2 Å². The lowest BCUT2D eigenvalue weighted by Gasteiger charge is -2.14. The number of hydroxylamine groups is 2. The number of halogens is 4. The van der Waals surface area contributed by atoms with Gasteiger partial charge in [-0.15, -0.1) is 0 Å². The van der Waals surface area contributed by atoms with Crippen LogP contribution in [0.5, 0.6) is 11.8 Å². The Labute approximate surface area is 161 Å². The lowest BCUT2D eigenvalue weighted by Crippen LogP contribution is -2.29. The molecule has 2 amide bonds. The largest absolute Gasteiger partial charge is 0.466 e. The number of alkyl halides is 3. The molecule has 0 aromatic carbocycles. The van der Waals surface area contributed by atoms with Gasteiger partial charge in [-0.1, -0.05) is 6.92 Å². The van der Waals surface area contributed by atoms with E-state index in [1.807, 2.05) is 0 Å². The fraction of sp³-hybridized carbons (Fsp3) is 0.294. The second kappa shape index (κ2) is 7.89. The summed E-state index contributed by atoms with van der Waals surface area (Å²) in [6, 6.07) is 3.59. The zero-order valence-electron chi connectivity index (χ0n) is 14.9. The second-order valence-electron chi connectivity index (χ2n) is 5.91. The molecule has 0 aliphatic carbocycles. The Morgan fingerprint density at radius 2 is 2.10 bits per heavy atom. The van der Waals surface area contributed by atoms with Crippen molar-refractivity contribution in [3.8, 4) is 11.8 Å². The molecule has 1 aliphatic rings. The van der Waals surface area contributed by atoms with E-state index in [0.717, 1.165) is 11.1 Å². The van der Waals surface area contributed by atoms with Gasteiger partial charge in [0.1, 0.15) is 5.82 Å². The molecule has 2 aromatic heterocycles.